The van der Waals surface area contributed by atoms with Gasteiger partial charge in [-0.05, 0) is 67.9 Å². The van der Waals surface area contributed by atoms with Gasteiger partial charge in [0.05, 0.1) is 13.0 Å². The van der Waals surface area contributed by atoms with Crippen molar-refractivity contribution in [3.63, 3.8) is 0 Å². The molecule has 0 aromatic heterocycles. The van der Waals surface area contributed by atoms with Crippen LogP contribution in [-0.2, 0) is 16.0 Å². The number of nitrogens with one attached hydrogen (secondary N) is 2. The van der Waals surface area contributed by atoms with Crippen molar-refractivity contribution in [3.8, 4) is 0 Å². The van der Waals surface area contributed by atoms with E-state index in [4.69, 9.17) is 5.73 Å². The van der Waals surface area contributed by atoms with E-state index in [-0.39, 0.29) is 18.2 Å². The van der Waals surface area contributed by atoms with Crippen LogP contribution in [0.15, 0.2) is 48.5 Å². The van der Waals surface area contributed by atoms with E-state index in [0.29, 0.717) is 17.9 Å². The minimum atomic E-state index is -0.0939. The van der Waals surface area contributed by atoms with Gasteiger partial charge >= 0.3 is 0 Å². The first-order valence-electron chi connectivity index (χ1n) is 10.3. The van der Waals surface area contributed by atoms with E-state index >= 15 is 0 Å². The van der Waals surface area contributed by atoms with Gasteiger partial charge in [0.2, 0.25) is 11.8 Å². The van der Waals surface area contributed by atoms with Crippen LogP contribution in [0.25, 0.3) is 0 Å². The summed E-state index contributed by atoms with van der Waals surface area (Å²) in [6.45, 7) is 2.42. The second kappa shape index (κ2) is 10.6. The van der Waals surface area contributed by atoms with Crippen molar-refractivity contribution in [1.29, 1.82) is 0 Å². The number of nitrogens with zero attached hydrogens (tertiary/aromatic N) is 1. The maximum absolute atomic E-state index is 12.3. The number of benzene rings is 2. The summed E-state index contributed by atoms with van der Waals surface area (Å²) in [6.07, 6.45) is 6.43. The Morgan fingerprint density at radius 1 is 0.759 bits per heavy atom. The zero-order valence-electron chi connectivity index (χ0n) is 16.8. The minimum Gasteiger partial charge on any atom is -0.399 e. The van der Waals surface area contributed by atoms with Crippen molar-refractivity contribution in [2.24, 2.45) is 0 Å². The fourth-order valence-corrected chi connectivity index (χ4v) is 3.54. The number of nitrogens with two attached hydrogens (primary N) is 1. The largest absolute Gasteiger partial charge is 0.399 e. The SMILES string of the molecule is Nc1ccc(CC(=O)Nc2ccc(NC(=O)CN3CCCCCCC3)cc2)cc1. The molecule has 0 aliphatic carbocycles. The Balaban J connectivity index is 1.45. The zero-order valence-corrected chi connectivity index (χ0v) is 16.8. The molecule has 6 nitrogen and oxygen atoms in total. The van der Waals surface area contributed by atoms with Crippen molar-refractivity contribution >= 4 is 28.9 Å². The molecule has 2 aromatic rings. The van der Waals surface area contributed by atoms with E-state index in [2.05, 4.69) is 15.5 Å². The monoisotopic (exact) mass is 394 g/mol. The average Bonchev–Trinajstić information content (AvgIpc) is 2.67. The smallest absolute Gasteiger partial charge is 0.238 e. The zero-order chi connectivity index (χ0) is 20.5. The third-order valence-electron chi connectivity index (χ3n) is 5.11. The predicted octanol–water partition coefficient (Wildman–Crippen LogP) is 3.65. The summed E-state index contributed by atoms with van der Waals surface area (Å²) in [5, 5.41) is 5.82. The van der Waals surface area contributed by atoms with Crippen molar-refractivity contribution in [2.75, 3.05) is 36.0 Å². The second-order valence-electron chi connectivity index (χ2n) is 7.64. The number of amides is 2. The van der Waals surface area contributed by atoms with Gasteiger partial charge in [0.1, 0.15) is 0 Å². The molecule has 2 amide bonds. The Morgan fingerprint density at radius 2 is 1.28 bits per heavy atom. The summed E-state index contributed by atoms with van der Waals surface area (Å²) < 4.78 is 0. The Bertz CT molecular complexity index is 795. The summed E-state index contributed by atoms with van der Waals surface area (Å²) in [7, 11) is 0. The molecule has 6 heteroatoms. The molecule has 1 saturated heterocycles. The quantitative estimate of drug-likeness (QED) is 0.653. The minimum absolute atomic E-state index is 0.00529. The summed E-state index contributed by atoms with van der Waals surface area (Å²) in [6, 6.07) is 14.5. The van der Waals surface area contributed by atoms with E-state index in [9.17, 15) is 9.59 Å². The van der Waals surface area contributed by atoms with Crippen LogP contribution in [0.2, 0.25) is 0 Å². The van der Waals surface area contributed by atoms with Gasteiger partial charge in [-0.15, -0.1) is 0 Å². The molecular formula is C23H30N4O2. The first-order valence-corrected chi connectivity index (χ1v) is 10.3. The van der Waals surface area contributed by atoms with Crippen LogP contribution in [0.1, 0.15) is 37.7 Å². The molecule has 4 N–H and O–H groups in total. The lowest BCUT2D eigenvalue weighted by molar-refractivity contribution is -0.117. The summed E-state index contributed by atoms with van der Waals surface area (Å²) >= 11 is 0. The van der Waals surface area contributed by atoms with Crippen LogP contribution < -0.4 is 16.4 Å². The maximum Gasteiger partial charge on any atom is 0.238 e. The Morgan fingerprint density at radius 3 is 1.86 bits per heavy atom. The standard InChI is InChI=1S/C23H30N4O2/c24-19-8-6-18(7-9-19)16-22(28)25-20-10-12-21(13-11-20)26-23(29)17-27-14-4-2-1-3-5-15-27/h6-13H,1-5,14-17,24H2,(H,25,28)(H,26,29). The second-order valence-corrected chi connectivity index (χ2v) is 7.64. The lowest BCUT2D eigenvalue weighted by Crippen LogP contribution is -2.35. The van der Waals surface area contributed by atoms with Gasteiger partial charge in [0.15, 0.2) is 0 Å². The molecule has 3 rings (SSSR count). The van der Waals surface area contributed by atoms with Crippen LogP contribution in [-0.4, -0.2) is 36.3 Å². The predicted molar refractivity (Wildman–Crippen MR) is 118 cm³/mol. The van der Waals surface area contributed by atoms with Crippen LogP contribution in [0, 0.1) is 0 Å². The van der Waals surface area contributed by atoms with Crippen LogP contribution >= 0.6 is 0 Å². The lowest BCUT2D eigenvalue weighted by Gasteiger charge is -2.23. The van der Waals surface area contributed by atoms with Gasteiger partial charge in [0, 0.05) is 17.1 Å². The van der Waals surface area contributed by atoms with E-state index < -0.39 is 0 Å². The van der Waals surface area contributed by atoms with Gasteiger partial charge in [-0.1, -0.05) is 31.4 Å². The fourth-order valence-electron chi connectivity index (χ4n) is 3.54. The normalized spacial score (nSPS) is 15.2. The lowest BCUT2D eigenvalue weighted by atomic mass is 10.1. The molecule has 0 atom stereocenters. The summed E-state index contributed by atoms with van der Waals surface area (Å²) in [4.78, 5) is 26.8. The highest BCUT2D eigenvalue weighted by atomic mass is 16.2. The summed E-state index contributed by atoms with van der Waals surface area (Å²) in [5.41, 5.74) is 8.68. The van der Waals surface area contributed by atoms with Gasteiger partial charge in [0.25, 0.3) is 0 Å². The van der Waals surface area contributed by atoms with E-state index in [1.807, 2.05) is 24.3 Å². The number of carbonyl (C=O) groups excluding carboxylic acids is 2. The van der Waals surface area contributed by atoms with E-state index in [1.165, 1.54) is 19.3 Å². The molecule has 0 unspecified atom stereocenters. The first kappa shape index (κ1) is 20.9. The third kappa shape index (κ3) is 7.23. The van der Waals surface area contributed by atoms with Crippen molar-refractivity contribution in [3.05, 3.63) is 54.1 Å². The Hall–Kier alpha value is -2.86. The number of nitrogen functional groups attached to an aromatic ring is 1. The number of likely N-dealkylation sites (tertiary alicyclic amines) is 1. The Labute approximate surface area is 172 Å². The number of carbonyl (C=O) groups is 2. The molecule has 0 saturated carbocycles. The van der Waals surface area contributed by atoms with Gasteiger partial charge in [-0.2, -0.15) is 0 Å². The summed E-state index contributed by atoms with van der Waals surface area (Å²) in [5.74, 6) is -0.0886. The average molecular weight is 395 g/mol. The molecule has 1 fully saturated rings. The van der Waals surface area contributed by atoms with Crippen LogP contribution in [0.5, 0.6) is 0 Å². The Kier molecular flexibility index (Phi) is 7.64. The highest BCUT2D eigenvalue weighted by Crippen LogP contribution is 2.15. The molecule has 0 spiro atoms. The number of hydrogen-bond donors (Lipinski definition) is 3. The molecule has 29 heavy (non-hydrogen) atoms. The fraction of sp³-hybridized carbons (Fsp3) is 0.391. The molecule has 1 heterocycles. The highest BCUT2D eigenvalue weighted by molar-refractivity contribution is 5.94. The van der Waals surface area contributed by atoms with Gasteiger partial charge in [-0.25, -0.2) is 0 Å². The maximum atomic E-state index is 12.3. The third-order valence-corrected chi connectivity index (χ3v) is 5.11. The van der Waals surface area contributed by atoms with Crippen LogP contribution in [0.4, 0.5) is 17.1 Å². The highest BCUT2D eigenvalue weighted by Gasteiger charge is 2.12. The van der Waals surface area contributed by atoms with Crippen molar-refractivity contribution in [1.82, 2.24) is 4.90 Å². The van der Waals surface area contributed by atoms with Gasteiger partial charge in [-0.3, -0.25) is 14.5 Å². The molecular weight excluding hydrogens is 364 g/mol. The molecule has 1 aliphatic rings. The van der Waals surface area contributed by atoms with Gasteiger partial charge < -0.3 is 16.4 Å². The molecule has 0 bridgehead atoms. The van der Waals surface area contributed by atoms with E-state index in [0.717, 1.165) is 37.2 Å². The first-order chi connectivity index (χ1) is 14.1. The molecule has 1 aliphatic heterocycles. The van der Waals surface area contributed by atoms with Crippen molar-refractivity contribution < 1.29 is 9.59 Å². The molecule has 0 radical (unpaired) electrons. The topological polar surface area (TPSA) is 87.5 Å². The molecule has 2 aromatic carbocycles. The number of hydrogen-bond acceptors (Lipinski definition) is 4. The number of rotatable bonds is 6. The van der Waals surface area contributed by atoms with Crippen molar-refractivity contribution in [2.45, 2.75) is 38.5 Å². The van der Waals surface area contributed by atoms with Crippen LogP contribution in [0.3, 0.4) is 0 Å². The number of anilines is 3. The van der Waals surface area contributed by atoms with E-state index in [1.54, 1.807) is 24.3 Å². The molecule has 154 valence electrons.